The van der Waals surface area contributed by atoms with Crippen LogP contribution in [-0.2, 0) is 9.47 Å². The molecule has 1 saturated heterocycles. The molecule has 0 amide bonds. The van der Waals surface area contributed by atoms with Gasteiger partial charge in [0.1, 0.15) is 0 Å². The monoisotopic (exact) mass is 246 g/mol. The minimum atomic E-state index is -6.13. The maximum atomic E-state index is 12.2. The van der Waals surface area contributed by atoms with Crippen LogP contribution >= 0.6 is 0 Å². The molecule has 1 rings (SSSR count). The Morgan fingerprint density at radius 1 is 0.733 bits per heavy atom. The molecule has 0 aromatic rings. The van der Waals surface area contributed by atoms with Crippen molar-refractivity contribution in [1.82, 2.24) is 0 Å². The van der Waals surface area contributed by atoms with E-state index >= 15 is 0 Å². The molecule has 1 aliphatic heterocycles. The molecule has 0 aromatic heterocycles. The summed E-state index contributed by atoms with van der Waals surface area (Å²) < 4.78 is 102. The standard InChI is InChI=1S/C5H2F8O2/c6-1-2(7)15-3(14-1,4(8,9)10)5(11,12)13/h1-2H. The average molecular weight is 246 g/mol. The Kier molecular flexibility index (Phi) is 2.63. The summed E-state index contributed by atoms with van der Waals surface area (Å²) >= 11 is 0. The first kappa shape index (κ1) is 12.4. The molecule has 2 atom stereocenters. The minimum absolute atomic E-state index is 2.88. The number of hydrogen-bond donors (Lipinski definition) is 0. The van der Waals surface area contributed by atoms with Gasteiger partial charge in [-0.15, -0.1) is 0 Å². The number of halogens is 8. The van der Waals surface area contributed by atoms with Gasteiger partial charge in [-0.05, 0) is 0 Å². The van der Waals surface area contributed by atoms with Gasteiger partial charge in [0.15, 0.2) is 0 Å². The molecule has 0 aromatic carbocycles. The predicted octanol–water partition coefficient (Wildman–Crippen LogP) is 2.45. The lowest BCUT2D eigenvalue weighted by atomic mass is 10.2. The van der Waals surface area contributed by atoms with Crippen LogP contribution in [0.5, 0.6) is 0 Å². The Balaban J connectivity index is 3.12. The van der Waals surface area contributed by atoms with E-state index in [1.807, 2.05) is 0 Å². The summed E-state index contributed by atoms with van der Waals surface area (Å²) in [5.74, 6) is -5.24. The largest absolute Gasteiger partial charge is 0.453 e. The summed E-state index contributed by atoms with van der Waals surface area (Å²) in [4.78, 5) is 0. The minimum Gasteiger partial charge on any atom is -0.295 e. The molecule has 0 saturated carbocycles. The number of alkyl halides is 8. The van der Waals surface area contributed by atoms with E-state index in [0.717, 1.165) is 0 Å². The first-order valence-corrected chi connectivity index (χ1v) is 3.28. The Morgan fingerprint density at radius 3 is 1.13 bits per heavy atom. The van der Waals surface area contributed by atoms with Gasteiger partial charge in [-0.25, -0.2) is 8.78 Å². The van der Waals surface area contributed by atoms with Gasteiger partial charge in [-0.1, -0.05) is 0 Å². The van der Waals surface area contributed by atoms with Crippen molar-refractivity contribution in [2.45, 2.75) is 30.9 Å². The zero-order chi connectivity index (χ0) is 12.1. The van der Waals surface area contributed by atoms with Crippen molar-refractivity contribution in [2.24, 2.45) is 0 Å². The van der Waals surface area contributed by atoms with E-state index < -0.39 is 30.9 Å². The predicted molar refractivity (Wildman–Crippen MR) is 26.8 cm³/mol. The van der Waals surface area contributed by atoms with Crippen molar-refractivity contribution in [3.05, 3.63) is 0 Å². The van der Waals surface area contributed by atoms with Gasteiger partial charge < -0.3 is 0 Å². The lowest BCUT2D eigenvalue weighted by molar-refractivity contribution is -0.450. The SMILES string of the molecule is FC1OC(C(F)(F)F)(C(F)(F)F)OC1F. The third-order valence-corrected chi connectivity index (χ3v) is 1.51. The Morgan fingerprint density at radius 2 is 1.00 bits per heavy atom. The van der Waals surface area contributed by atoms with E-state index in [1.165, 1.54) is 0 Å². The molecule has 90 valence electrons. The van der Waals surface area contributed by atoms with E-state index in [4.69, 9.17) is 0 Å². The van der Waals surface area contributed by atoms with Crippen LogP contribution in [0.3, 0.4) is 0 Å². The molecule has 1 heterocycles. The molecule has 1 fully saturated rings. The molecule has 0 radical (unpaired) electrons. The summed E-state index contributed by atoms with van der Waals surface area (Å²) in [7, 11) is 0. The van der Waals surface area contributed by atoms with Crippen molar-refractivity contribution >= 4 is 0 Å². The number of hydrogen-bond acceptors (Lipinski definition) is 2. The van der Waals surface area contributed by atoms with E-state index in [-0.39, 0.29) is 0 Å². The first-order chi connectivity index (χ1) is 6.51. The third-order valence-electron chi connectivity index (χ3n) is 1.51. The topological polar surface area (TPSA) is 18.5 Å². The average Bonchev–Trinajstić information content (AvgIpc) is 2.26. The zero-order valence-corrected chi connectivity index (χ0v) is 6.49. The van der Waals surface area contributed by atoms with E-state index in [9.17, 15) is 35.1 Å². The smallest absolute Gasteiger partial charge is 0.295 e. The molecule has 2 nitrogen and oxygen atoms in total. The van der Waals surface area contributed by atoms with Crippen LogP contribution in [0.1, 0.15) is 0 Å². The summed E-state index contributed by atoms with van der Waals surface area (Å²) in [5, 5.41) is 0. The molecule has 2 unspecified atom stereocenters. The van der Waals surface area contributed by atoms with Gasteiger partial charge in [-0.2, -0.15) is 26.3 Å². The lowest BCUT2D eigenvalue weighted by Gasteiger charge is -2.30. The lowest BCUT2D eigenvalue weighted by Crippen LogP contribution is -2.58. The highest BCUT2D eigenvalue weighted by Crippen LogP contribution is 2.51. The van der Waals surface area contributed by atoms with Crippen LogP contribution in [0.2, 0.25) is 0 Å². The second-order valence-electron chi connectivity index (χ2n) is 2.55. The highest BCUT2D eigenvalue weighted by molar-refractivity contribution is 4.91. The highest BCUT2D eigenvalue weighted by Gasteiger charge is 2.79. The van der Waals surface area contributed by atoms with Crippen molar-refractivity contribution in [2.75, 3.05) is 0 Å². The fourth-order valence-corrected chi connectivity index (χ4v) is 0.880. The highest BCUT2D eigenvalue weighted by atomic mass is 19.4. The van der Waals surface area contributed by atoms with E-state index in [1.54, 1.807) is 0 Å². The fraction of sp³-hybridized carbons (Fsp3) is 1.00. The Labute approximate surface area is 76.7 Å². The molecule has 10 heteroatoms. The van der Waals surface area contributed by atoms with Gasteiger partial charge in [0.25, 0.3) is 12.7 Å². The van der Waals surface area contributed by atoms with Crippen LogP contribution in [-0.4, -0.2) is 30.9 Å². The van der Waals surface area contributed by atoms with E-state index in [0.29, 0.717) is 0 Å². The van der Waals surface area contributed by atoms with Crippen molar-refractivity contribution in [3.8, 4) is 0 Å². The van der Waals surface area contributed by atoms with Crippen LogP contribution in [0.15, 0.2) is 0 Å². The fourth-order valence-electron chi connectivity index (χ4n) is 0.880. The van der Waals surface area contributed by atoms with Gasteiger partial charge in [0.05, 0.1) is 0 Å². The van der Waals surface area contributed by atoms with Gasteiger partial charge in [0.2, 0.25) is 0 Å². The quantitative estimate of drug-likeness (QED) is 0.611. The normalized spacial score (nSPS) is 32.0. The summed E-state index contributed by atoms with van der Waals surface area (Å²) in [5.41, 5.74) is 0. The van der Waals surface area contributed by atoms with E-state index in [2.05, 4.69) is 9.47 Å². The van der Waals surface area contributed by atoms with Gasteiger partial charge >= 0.3 is 18.1 Å². The molecular weight excluding hydrogens is 244 g/mol. The Bertz CT molecular complexity index is 218. The second-order valence-corrected chi connectivity index (χ2v) is 2.55. The van der Waals surface area contributed by atoms with Crippen LogP contribution in [0.25, 0.3) is 0 Å². The number of ether oxygens (including phenoxy) is 2. The maximum Gasteiger partial charge on any atom is 0.453 e. The van der Waals surface area contributed by atoms with Crippen molar-refractivity contribution in [3.63, 3.8) is 0 Å². The van der Waals surface area contributed by atoms with Gasteiger partial charge in [0, 0.05) is 0 Å². The zero-order valence-electron chi connectivity index (χ0n) is 6.49. The molecule has 0 N–H and O–H groups in total. The summed E-state index contributed by atoms with van der Waals surface area (Å²) in [6, 6.07) is 0. The molecular formula is C5H2F8O2. The van der Waals surface area contributed by atoms with Crippen LogP contribution in [0.4, 0.5) is 35.1 Å². The summed E-state index contributed by atoms with van der Waals surface area (Å²) in [6.07, 6.45) is -19.1. The van der Waals surface area contributed by atoms with Crippen molar-refractivity contribution in [1.29, 1.82) is 0 Å². The summed E-state index contributed by atoms with van der Waals surface area (Å²) in [6.45, 7) is 0. The van der Waals surface area contributed by atoms with Crippen molar-refractivity contribution < 1.29 is 44.6 Å². The molecule has 0 spiro atoms. The first-order valence-electron chi connectivity index (χ1n) is 3.28. The third kappa shape index (κ3) is 1.75. The second kappa shape index (κ2) is 3.17. The van der Waals surface area contributed by atoms with Crippen LogP contribution in [0, 0.1) is 0 Å². The molecule has 1 aliphatic rings. The molecule has 0 aliphatic carbocycles. The van der Waals surface area contributed by atoms with Crippen LogP contribution < -0.4 is 0 Å². The molecule has 15 heavy (non-hydrogen) atoms. The van der Waals surface area contributed by atoms with Gasteiger partial charge in [-0.3, -0.25) is 9.47 Å². The number of rotatable bonds is 0. The molecule has 0 bridgehead atoms. The maximum absolute atomic E-state index is 12.2. The Hall–Kier alpha value is -0.640.